The summed E-state index contributed by atoms with van der Waals surface area (Å²) in [5, 5.41) is 20.9. The molecule has 2 atom stereocenters. The van der Waals surface area contributed by atoms with Crippen molar-refractivity contribution in [3.63, 3.8) is 0 Å². The quantitative estimate of drug-likeness (QED) is 0.612. The molecule has 0 aromatic heterocycles. The van der Waals surface area contributed by atoms with E-state index in [4.69, 9.17) is 5.26 Å². The van der Waals surface area contributed by atoms with E-state index in [1.165, 1.54) is 13.0 Å². The van der Waals surface area contributed by atoms with Crippen molar-refractivity contribution >= 4 is 0 Å². The van der Waals surface area contributed by atoms with Crippen molar-refractivity contribution in [1.82, 2.24) is 15.1 Å². The fraction of sp³-hybridized carbons (Fsp3) is 0.947. The van der Waals surface area contributed by atoms with Crippen LogP contribution in [-0.4, -0.2) is 64.8 Å². The van der Waals surface area contributed by atoms with Crippen molar-refractivity contribution in [1.29, 1.82) is 5.26 Å². The first kappa shape index (κ1) is 21.2. The van der Waals surface area contributed by atoms with Crippen molar-refractivity contribution in [2.24, 2.45) is 0 Å². The average molecular weight is 339 g/mol. The Bertz CT molecular complexity index is 393. The van der Waals surface area contributed by atoms with Gasteiger partial charge < -0.3 is 15.3 Å². The Balaban J connectivity index is 0.000000243. The molecule has 0 amide bonds. The Labute approximate surface area is 149 Å². The summed E-state index contributed by atoms with van der Waals surface area (Å²) in [5.74, 6) is 0. The molecule has 0 aromatic rings. The number of hydrogen-bond acceptors (Lipinski definition) is 5. The van der Waals surface area contributed by atoms with Crippen molar-refractivity contribution in [2.45, 2.75) is 90.4 Å². The molecular weight excluding hydrogens is 300 g/mol. The summed E-state index contributed by atoms with van der Waals surface area (Å²) < 4.78 is 0. The van der Waals surface area contributed by atoms with Gasteiger partial charge in [-0.1, -0.05) is 0 Å². The lowest BCUT2D eigenvalue weighted by atomic mass is 9.90. The SMILES string of the molecule is CC(C)N1CCCC(C)(NC#N)C1.CC(C)N1CCCC(O)CC1. The molecule has 24 heavy (non-hydrogen) atoms. The third-order valence-electron chi connectivity index (χ3n) is 5.28. The predicted octanol–water partition coefficient (Wildman–Crippen LogP) is 2.56. The zero-order chi connectivity index (χ0) is 18.2. The minimum absolute atomic E-state index is 0.00271. The van der Waals surface area contributed by atoms with E-state index in [1.54, 1.807) is 0 Å². The minimum atomic E-state index is -0.0428. The first-order chi connectivity index (χ1) is 11.3. The molecule has 2 unspecified atom stereocenters. The maximum absolute atomic E-state index is 9.36. The summed E-state index contributed by atoms with van der Waals surface area (Å²) in [4.78, 5) is 4.87. The van der Waals surface area contributed by atoms with Crippen molar-refractivity contribution in [3.05, 3.63) is 0 Å². The molecule has 0 bridgehead atoms. The van der Waals surface area contributed by atoms with Crippen LogP contribution in [-0.2, 0) is 0 Å². The highest BCUT2D eigenvalue weighted by Gasteiger charge is 2.31. The molecule has 2 heterocycles. The van der Waals surface area contributed by atoms with Crippen LogP contribution in [0.2, 0.25) is 0 Å². The van der Waals surface area contributed by atoms with Gasteiger partial charge in [-0.3, -0.25) is 4.90 Å². The van der Waals surface area contributed by atoms with Crippen LogP contribution in [0.3, 0.4) is 0 Å². The topological polar surface area (TPSA) is 62.5 Å². The molecule has 5 heteroatoms. The number of aliphatic hydroxyl groups excluding tert-OH is 1. The van der Waals surface area contributed by atoms with E-state index >= 15 is 0 Å². The highest BCUT2D eigenvalue weighted by molar-refractivity contribution is 4.95. The second kappa shape index (κ2) is 10.2. The Morgan fingerprint density at radius 2 is 1.67 bits per heavy atom. The molecule has 0 aliphatic carbocycles. The van der Waals surface area contributed by atoms with Gasteiger partial charge in [-0.15, -0.1) is 0 Å². The monoisotopic (exact) mass is 338 g/mol. The lowest BCUT2D eigenvalue weighted by Crippen LogP contribution is -2.55. The van der Waals surface area contributed by atoms with E-state index < -0.39 is 0 Å². The van der Waals surface area contributed by atoms with Crippen LogP contribution < -0.4 is 5.32 Å². The molecule has 2 rings (SSSR count). The fourth-order valence-corrected chi connectivity index (χ4v) is 3.57. The summed E-state index contributed by atoms with van der Waals surface area (Å²) in [7, 11) is 0. The van der Waals surface area contributed by atoms with E-state index in [-0.39, 0.29) is 11.6 Å². The van der Waals surface area contributed by atoms with Gasteiger partial charge in [-0.2, -0.15) is 5.26 Å². The normalized spacial score (nSPS) is 29.5. The predicted molar refractivity (Wildman–Crippen MR) is 99.7 cm³/mol. The van der Waals surface area contributed by atoms with Crippen LogP contribution in [0.15, 0.2) is 0 Å². The van der Waals surface area contributed by atoms with Crippen LogP contribution in [0.4, 0.5) is 0 Å². The van der Waals surface area contributed by atoms with E-state index in [2.05, 4.69) is 55.9 Å². The Kier molecular flexibility index (Phi) is 9.04. The smallest absolute Gasteiger partial charge is 0.177 e. The molecule has 5 nitrogen and oxygen atoms in total. The number of nitrogens with zero attached hydrogens (tertiary/aromatic N) is 3. The zero-order valence-electron chi connectivity index (χ0n) is 16.4. The van der Waals surface area contributed by atoms with Crippen LogP contribution in [0.25, 0.3) is 0 Å². The lowest BCUT2D eigenvalue weighted by Gasteiger charge is -2.41. The van der Waals surface area contributed by atoms with Crippen LogP contribution in [0, 0.1) is 11.5 Å². The first-order valence-corrected chi connectivity index (χ1v) is 9.60. The largest absolute Gasteiger partial charge is 0.393 e. The Hall–Kier alpha value is -0.830. The highest BCUT2D eigenvalue weighted by Crippen LogP contribution is 2.21. The maximum Gasteiger partial charge on any atom is 0.177 e. The van der Waals surface area contributed by atoms with Gasteiger partial charge in [0.25, 0.3) is 0 Å². The molecule has 2 fully saturated rings. The fourth-order valence-electron chi connectivity index (χ4n) is 3.57. The Morgan fingerprint density at radius 1 is 1.04 bits per heavy atom. The third kappa shape index (κ3) is 7.38. The van der Waals surface area contributed by atoms with Gasteiger partial charge in [0.1, 0.15) is 0 Å². The van der Waals surface area contributed by atoms with Gasteiger partial charge in [-0.25, -0.2) is 0 Å². The van der Waals surface area contributed by atoms with Crippen molar-refractivity contribution in [2.75, 3.05) is 26.2 Å². The standard InChI is InChI=1S/C10H19N3.C9H19NO/c1-9(2)13-6-4-5-10(3,7-13)12-8-11;1-8(2)10-6-3-4-9(11)5-7-10/h9,12H,4-7H2,1-3H3;8-9,11H,3-7H2,1-2H3. The number of nitrogens with one attached hydrogen (secondary N) is 1. The number of piperidine rings is 1. The van der Waals surface area contributed by atoms with E-state index in [0.29, 0.717) is 12.1 Å². The highest BCUT2D eigenvalue weighted by atomic mass is 16.3. The lowest BCUT2D eigenvalue weighted by molar-refractivity contribution is 0.116. The van der Waals surface area contributed by atoms with Gasteiger partial charge in [-0.05, 0) is 79.8 Å². The minimum Gasteiger partial charge on any atom is -0.393 e. The molecule has 0 aromatic carbocycles. The molecule has 2 saturated heterocycles. The maximum atomic E-state index is 9.36. The van der Waals surface area contributed by atoms with E-state index in [9.17, 15) is 5.11 Å². The zero-order valence-corrected chi connectivity index (χ0v) is 16.4. The van der Waals surface area contributed by atoms with Gasteiger partial charge in [0.05, 0.1) is 11.6 Å². The van der Waals surface area contributed by atoms with Gasteiger partial charge >= 0.3 is 0 Å². The van der Waals surface area contributed by atoms with E-state index in [1.807, 2.05) is 0 Å². The second-order valence-corrected chi connectivity index (χ2v) is 8.18. The molecule has 0 saturated carbocycles. The molecule has 2 aliphatic rings. The number of hydrogen-bond donors (Lipinski definition) is 2. The number of likely N-dealkylation sites (tertiary alicyclic amines) is 2. The summed E-state index contributed by atoms with van der Waals surface area (Å²) >= 11 is 0. The molecule has 0 radical (unpaired) electrons. The summed E-state index contributed by atoms with van der Waals surface area (Å²) in [6.45, 7) is 15.4. The van der Waals surface area contributed by atoms with Gasteiger partial charge in [0.2, 0.25) is 0 Å². The number of aliphatic hydroxyl groups is 1. The van der Waals surface area contributed by atoms with Crippen LogP contribution in [0.1, 0.15) is 66.7 Å². The average Bonchev–Trinajstić information content (AvgIpc) is 2.72. The van der Waals surface area contributed by atoms with Crippen molar-refractivity contribution in [3.8, 4) is 6.19 Å². The first-order valence-electron chi connectivity index (χ1n) is 9.60. The van der Waals surface area contributed by atoms with Gasteiger partial charge in [0.15, 0.2) is 6.19 Å². The molecule has 140 valence electrons. The second-order valence-electron chi connectivity index (χ2n) is 8.18. The van der Waals surface area contributed by atoms with Crippen LogP contribution in [0.5, 0.6) is 0 Å². The Morgan fingerprint density at radius 3 is 2.25 bits per heavy atom. The number of nitriles is 1. The van der Waals surface area contributed by atoms with Crippen LogP contribution >= 0.6 is 0 Å². The summed E-state index contributed by atoms with van der Waals surface area (Å²) in [6, 6.07) is 1.22. The van der Waals surface area contributed by atoms with Gasteiger partial charge in [0, 0.05) is 25.2 Å². The third-order valence-corrected chi connectivity index (χ3v) is 5.28. The van der Waals surface area contributed by atoms with Crippen molar-refractivity contribution < 1.29 is 5.11 Å². The molecule has 2 aliphatic heterocycles. The summed E-state index contributed by atoms with van der Waals surface area (Å²) in [6.07, 6.45) is 7.40. The molecule has 0 spiro atoms. The summed E-state index contributed by atoms with van der Waals surface area (Å²) in [5.41, 5.74) is -0.00271. The molecular formula is C19H38N4O. The molecule has 2 N–H and O–H groups in total. The van der Waals surface area contributed by atoms with E-state index in [0.717, 1.165) is 45.3 Å². The number of rotatable bonds is 3.